The summed E-state index contributed by atoms with van der Waals surface area (Å²) in [5, 5.41) is 44.4. The van der Waals surface area contributed by atoms with Gasteiger partial charge in [-0.3, -0.25) is 0 Å². The van der Waals surface area contributed by atoms with Crippen LogP contribution in [-0.4, -0.2) is 50.2 Å². The maximum absolute atomic E-state index is 11.0. The van der Waals surface area contributed by atoms with Gasteiger partial charge in [-0.2, -0.15) is 5.21 Å². The van der Waals surface area contributed by atoms with Crippen molar-refractivity contribution in [1.29, 1.82) is 0 Å². The lowest BCUT2D eigenvalue weighted by molar-refractivity contribution is 0.280. The summed E-state index contributed by atoms with van der Waals surface area (Å²) in [5.41, 5.74) is 2.12. The fourth-order valence-corrected chi connectivity index (χ4v) is 3.31. The van der Waals surface area contributed by atoms with Crippen LogP contribution in [-0.2, 0) is 6.61 Å². The topological polar surface area (TPSA) is 143 Å². The Bertz CT molecular complexity index is 1230. The lowest BCUT2D eigenvalue weighted by Crippen LogP contribution is -1.98. The number of hydrogen-bond donors (Lipinski definition) is 4. The van der Waals surface area contributed by atoms with Crippen LogP contribution in [0.15, 0.2) is 48.5 Å². The molecular weight excluding hydrogens is 416 g/mol. The summed E-state index contributed by atoms with van der Waals surface area (Å²) >= 11 is 0. The predicted molar refractivity (Wildman–Crippen MR) is 114 cm³/mol. The van der Waals surface area contributed by atoms with E-state index in [4.69, 9.17) is 14.2 Å². The summed E-state index contributed by atoms with van der Waals surface area (Å²) in [5.74, 6) is 0.961. The molecule has 3 aromatic carbocycles. The average Bonchev–Trinajstić information content (AvgIpc) is 3.32. The van der Waals surface area contributed by atoms with Crippen molar-refractivity contribution in [2.75, 3.05) is 14.2 Å². The maximum Gasteiger partial charge on any atom is 0.211 e. The monoisotopic (exact) mass is 436 g/mol. The fraction of sp³-hybridized carbons (Fsp3) is 0.136. The summed E-state index contributed by atoms with van der Waals surface area (Å²) in [7, 11) is 2.93. The second-order valence-electron chi connectivity index (χ2n) is 6.73. The van der Waals surface area contributed by atoms with E-state index in [2.05, 4.69) is 20.6 Å². The van der Waals surface area contributed by atoms with Gasteiger partial charge in [-0.15, -0.1) is 10.2 Å². The Hall–Kier alpha value is -4.47. The van der Waals surface area contributed by atoms with E-state index >= 15 is 0 Å². The lowest BCUT2D eigenvalue weighted by Gasteiger charge is -2.18. The highest BCUT2D eigenvalue weighted by Crippen LogP contribution is 2.50. The molecule has 10 heteroatoms. The predicted octanol–water partition coefficient (Wildman–Crippen LogP) is 3.25. The summed E-state index contributed by atoms with van der Waals surface area (Å²) in [6, 6.07) is 12.9. The van der Waals surface area contributed by atoms with Crippen LogP contribution in [0.3, 0.4) is 0 Å². The molecule has 0 aliphatic rings. The quantitative estimate of drug-likeness (QED) is 0.343. The third-order valence-electron chi connectivity index (χ3n) is 4.81. The Labute approximate surface area is 182 Å². The molecule has 0 spiro atoms. The Morgan fingerprint density at radius 2 is 1.62 bits per heavy atom. The number of aromatic nitrogens is 4. The number of H-pyrrole nitrogens is 1. The summed E-state index contributed by atoms with van der Waals surface area (Å²) in [4.78, 5) is 0. The van der Waals surface area contributed by atoms with Gasteiger partial charge in [0.2, 0.25) is 5.82 Å². The number of tetrazole rings is 1. The maximum atomic E-state index is 11.0. The number of nitrogens with zero attached hydrogens (tertiary/aromatic N) is 3. The van der Waals surface area contributed by atoms with Crippen molar-refractivity contribution >= 4 is 0 Å². The number of aromatic hydroxyl groups is 3. The molecule has 4 rings (SSSR count). The minimum Gasteiger partial charge on any atom is -0.508 e. The molecule has 4 N–H and O–H groups in total. The molecule has 1 aromatic heterocycles. The molecule has 10 nitrogen and oxygen atoms in total. The molecule has 4 aromatic rings. The van der Waals surface area contributed by atoms with E-state index in [0.717, 1.165) is 0 Å². The fourth-order valence-electron chi connectivity index (χ4n) is 3.31. The number of phenolic OH excluding ortho intramolecular Hbond substituents is 3. The minimum atomic E-state index is -0.158. The number of aromatic amines is 1. The first-order valence-corrected chi connectivity index (χ1v) is 9.47. The van der Waals surface area contributed by atoms with Crippen molar-refractivity contribution in [1.82, 2.24) is 20.6 Å². The summed E-state index contributed by atoms with van der Waals surface area (Å²) in [6.45, 7) is 0.0210. The van der Waals surface area contributed by atoms with E-state index in [-0.39, 0.29) is 35.4 Å². The second-order valence-corrected chi connectivity index (χ2v) is 6.73. The standard InChI is InChI=1S/C22H20N4O6/c1-30-18-10-15(12-3-6-14(27)7-4-12)22(31-2)21(29)20(18)13-5-8-17(16(28)9-13)32-11-19-23-25-26-24-19/h3-10,27-29H,11H2,1-2H3,(H,23,24,25,26). The highest BCUT2D eigenvalue weighted by Gasteiger charge is 2.22. The molecule has 0 atom stereocenters. The highest BCUT2D eigenvalue weighted by molar-refractivity contribution is 5.88. The third kappa shape index (κ3) is 3.93. The van der Waals surface area contributed by atoms with Gasteiger partial charge in [0.05, 0.1) is 19.8 Å². The minimum absolute atomic E-state index is 0.0210. The van der Waals surface area contributed by atoms with Gasteiger partial charge in [0.1, 0.15) is 11.5 Å². The number of benzene rings is 3. The Kier molecular flexibility index (Phi) is 5.67. The average molecular weight is 436 g/mol. The largest absolute Gasteiger partial charge is 0.508 e. The van der Waals surface area contributed by atoms with Gasteiger partial charge >= 0.3 is 0 Å². The number of ether oxygens (including phenoxy) is 3. The first kappa shape index (κ1) is 20.8. The molecule has 0 aliphatic heterocycles. The zero-order valence-corrected chi connectivity index (χ0v) is 17.2. The zero-order chi connectivity index (χ0) is 22.7. The number of phenols is 3. The molecular formula is C22H20N4O6. The number of methoxy groups -OCH3 is 2. The molecule has 32 heavy (non-hydrogen) atoms. The summed E-state index contributed by atoms with van der Waals surface area (Å²) < 4.78 is 16.5. The molecule has 0 radical (unpaired) electrons. The van der Waals surface area contributed by atoms with E-state index in [0.29, 0.717) is 33.8 Å². The van der Waals surface area contributed by atoms with Crippen LogP contribution in [0.2, 0.25) is 0 Å². The molecule has 0 fully saturated rings. The van der Waals surface area contributed by atoms with Crippen LogP contribution < -0.4 is 14.2 Å². The van der Waals surface area contributed by atoms with Gasteiger partial charge in [-0.05, 0) is 41.5 Å². The van der Waals surface area contributed by atoms with Crippen molar-refractivity contribution in [2.45, 2.75) is 6.61 Å². The van der Waals surface area contributed by atoms with E-state index in [9.17, 15) is 15.3 Å². The number of hydrogen-bond acceptors (Lipinski definition) is 9. The van der Waals surface area contributed by atoms with Crippen molar-refractivity contribution in [3.05, 3.63) is 54.4 Å². The zero-order valence-electron chi connectivity index (χ0n) is 17.2. The molecule has 164 valence electrons. The van der Waals surface area contributed by atoms with Gasteiger partial charge in [0.15, 0.2) is 29.6 Å². The van der Waals surface area contributed by atoms with Gasteiger partial charge in [-0.1, -0.05) is 23.4 Å². The summed E-state index contributed by atoms with van der Waals surface area (Å²) in [6.07, 6.45) is 0. The Morgan fingerprint density at radius 3 is 2.25 bits per heavy atom. The Balaban J connectivity index is 1.74. The third-order valence-corrected chi connectivity index (χ3v) is 4.81. The van der Waals surface area contributed by atoms with Gasteiger partial charge in [0, 0.05) is 5.56 Å². The molecule has 1 heterocycles. The number of nitrogens with one attached hydrogen (secondary N) is 1. The number of rotatable bonds is 7. The van der Waals surface area contributed by atoms with Crippen LogP contribution in [0.5, 0.6) is 34.5 Å². The highest BCUT2D eigenvalue weighted by atomic mass is 16.5. The molecule has 0 saturated heterocycles. The van der Waals surface area contributed by atoms with Gasteiger partial charge < -0.3 is 29.5 Å². The van der Waals surface area contributed by atoms with Crippen LogP contribution in [0.4, 0.5) is 0 Å². The van der Waals surface area contributed by atoms with E-state index in [1.165, 1.54) is 32.4 Å². The molecule has 0 bridgehead atoms. The van der Waals surface area contributed by atoms with Crippen LogP contribution >= 0.6 is 0 Å². The van der Waals surface area contributed by atoms with Gasteiger partial charge in [0.25, 0.3) is 0 Å². The molecule has 0 aliphatic carbocycles. The van der Waals surface area contributed by atoms with E-state index in [1.807, 2.05) is 0 Å². The van der Waals surface area contributed by atoms with Crippen molar-refractivity contribution in [3.63, 3.8) is 0 Å². The van der Waals surface area contributed by atoms with Crippen molar-refractivity contribution in [2.24, 2.45) is 0 Å². The van der Waals surface area contributed by atoms with E-state index < -0.39 is 0 Å². The van der Waals surface area contributed by atoms with Crippen LogP contribution in [0.25, 0.3) is 22.3 Å². The van der Waals surface area contributed by atoms with Gasteiger partial charge in [-0.25, -0.2) is 0 Å². The Morgan fingerprint density at radius 1 is 0.875 bits per heavy atom. The smallest absolute Gasteiger partial charge is 0.211 e. The van der Waals surface area contributed by atoms with Crippen molar-refractivity contribution < 1.29 is 29.5 Å². The molecule has 0 saturated carbocycles. The lowest BCUT2D eigenvalue weighted by atomic mass is 9.96. The first-order chi connectivity index (χ1) is 15.5. The normalized spacial score (nSPS) is 10.7. The second kappa shape index (κ2) is 8.72. The molecule has 0 amide bonds. The van der Waals surface area contributed by atoms with E-state index in [1.54, 1.807) is 30.3 Å². The SMILES string of the molecule is COc1cc(-c2ccc(O)cc2)c(OC)c(O)c1-c1ccc(OCc2nn[nH]n2)c(O)c1. The van der Waals surface area contributed by atoms with Crippen LogP contribution in [0.1, 0.15) is 5.82 Å². The van der Waals surface area contributed by atoms with Crippen LogP contribution in [0, 0.1) is 0 Å². The van der Waals surface area contributed by atoms with Crippen molar-refractivity contribution in [3.8, 4) is 56.8 Å². The molecule has 0 unspecified atom stereocenters. The first-order valence-electron chi connectivity index (χ1n) is 9.47.